The Balaban J connectivity index is 1.46. The van der Waals surface area contributed by atoms with E-state index in [2.05, 4.69) is 0 Å². The molecule has 244 valence electrons. The maximum Gasteiger partial charge on any atom is 0.511 e. The highest BCUT2D eigenvalue weighted by atomic mass is 35.5. The third kappa shape index (κ3) is 6.55. The third-order valence-corrected chi connectivity index (χ3v) is 10.4. The van der Waals surface area contributed by atoms with E-state index in [0.29, 0.717) is 36.6 Å². The molecule has 0 spiro atoms. The Morgan fingerprint density at radius 2 is 1.38 bits per heavy atom. The van der Waals surface area contributed by atoms with Gasteiger partial charge in [-0.25, -0.2) is 13.2 Å². The SMILES string of the molecule is O=C(O)c1ccccc1Cn1nc(N2CCN(S(=O)(=O)C(F)(F)F)CC2)c2cc(C(c3ccc(Cl)cc3)c3ccc(Cl)cc3)ccc21. The van der Waals surface area contributed by atoms with Gasteiger partial charge in [0.25, 0.3) is 0 Å². The number of rotatable bonds is 8. The van der Waals surface area contributed by atoms with Crippen LogP contribution in [-0.2, 0) is 16.6 Å². The summed E-state index contributed by atoms with van der Waals surface area (Å²) in [4.78, 5) is 13.7. The molecule has 6 rings (SSSR count). The number of nitrogens with zero attached hydrogens (tertiary/aromatic N) is 4. The summed E-state index contributed by atoms with van der Waals surface area (Å²) in [5.41, 5.74) is -1.31. The molecule has 1 aliphatic rings. The lowest BCUT2D eigenvalue weighted by molar-refractivity contribution is -0.0490. The molecule has 0 bridgehead atoms. The summed E-state index contributed by atoms with van der Waals surface area (Å²) >= 11 is 12.4. The quantitative estimate of drug-likeness (QED) is 0.171. The molecule has 8 nitrogen and oxygen atoms in total. The standard InChI is InChI=1S/C33H27Cl2F3N4O4S/c34-25-10-5-21(6-11-25)30(22-7-12-26(35)13-8-22)23-9-14-29-28(19-23)31(39-42(29)20-24-3-1-2-4-27(24)32(43)44)40-15-17-41(18-16-40)47(45,46)33(36,37)38/h1-14,19,30H,15-18,20H2,(H,43,44). The van der Waals surface area contributed by atoms with Crippen molar-refractivity contribution in [3.05, 3.63) is 129 Å². The van der Waals surface area contributed by atoms with Gasteiger partial charge in [-0.15, -0.1) is 0 Å². The number of alkyl halides is 3. The van der Waals surface area contributed by atoms with Crippen molar-refractivity contribution in [2.24, 2.45) is 0 Å². The molecule has 2 heterocycles. The van der Waals surface area contributed by atoms with Crippen LogP contribution in [0.2, 0.25) is 10.0 Å². The number of benzene rings is 4. The van der Waals surface area contributed by atoms with Crippen LogP contribution < -0.4 is 4.90 Å². The van der Waals surface area contributed by atoms with Crippen LogP contribution in [0.1, 0.15) is 38.5 Å². The summed E-state index contributed by atoms with van der Waals surface area (Å²) < 4.78 is 66.1. The predicted octanol–water partition coefficient (Wildman–Crippen LogP) is 7.24. The predicted molar refractivity (Wildman–Crippen MR) is 175 cm³/mol. The molecule has 0 saturated carbocycles. The van der Waals surface area contributed by atoms with Gasteiger partial charge in [-0.05, 0) is 64.7 Å². The molecular weight excluding hydrogens is 676 g/mol. The van der Waals surface area contributed by atoms with E-state index in [9.17, 15) is 31.5 Å². The van der Waals surface area contributed by atoms with Crippen molar-refractivity contribution in [1.82, 2.24) is 14.1 Å². The largest absolute Gasteiger partial charge is 0.511 e. The van der Waals surface area contributed by atoms with Gasteiger partial charge in [0.1, 0.15) is 0 Å². The highest BCUT2D eigenvalue weighted by molar-refractivity contribution is 7.90. The Hall–Kier alpha value is -4.10. The monoisotopic (exact) mass is 702 g/mol. The number of aromatic nitrogens is 2. The molecule has 47 heavy (non-hydrogen) atoms. The van der Waals surface area contributed by atoms with E-state index in [1.165, 1.54) is 6.07 Å². The number of halogens is 5. The van der Waals surface area contributed by atoms with Gasteiger partial charge >= 0.3 is 21.5 Å². The van der Waals surface area contributed by atoms with Crippen molar-refractivity contribution >= 4 is 55.9 Å². The molecule has 1 saturated heterocycles. The number of carboxylic acids is 1. The first kappa shape index (κ1) is 32.8. The van der Waals surface area contributed by atoms with Gasteiger partial charge in [-0.3, -0.25) is 4.68 Å². The molecule has 1 fully saturated rings. The van der Waals surface area contributed by atoms with Crippen LogP contribution in [0.15, 0.2) is 91.0 Å². The summed E-state index contributed by atoms with van der Waals surface area (Å²) in [6.07, 6.45) is 0. The fourth-order valence-corrected chi connectivity index (χ4v) is 7.10. The number of anilines is 1. The van der Waals surface area contributed by atoms with E-state index in [1.807, 2.05) is 42.5 Å². The Morgan fingerprint density at radius 3 is 1.94 bits per heavy atom. The van der Waals surface area contributed by atoms with Gasteiger partial charge in [-0.2, -0.15) is 22.6 Å². The van der Waals surface area contributed by atoms with Crippen LogP contribution in [0.4, 0.5) is 19.0 Å². The Morgan fingerprint density at radius 1 is 0.830 bits per heavy atom. The zero-order valence-electron chi connectivity index (χ0n) is 24.5. The van der Waals surface area contributed by atoms with E-state index >= 15 is 0 Å². The molecule has 0 unspecified atom stereocenters. The molecular formula is C33H27Cl2F3N4O4S. The number of carboxylic acid groups (broad SMARTS) is 1. The number of fused-ring (bicyclic) bond motifs is 1. The van der Waals surface area contributed by atoms with E-state index in [4.69, 9.17) is 28.3 Å². The molecule has 5 aromatic rings. The van der Waals surface area contributed by atoms with Crippen molar-refractivity contribution in [3.63, 3.8) is 0 Å². The fourth-order valence-electron chi connectivity index (χ4n) is 5.92. The molecule has 1 aliphatic heterocycles. The molecule has 1 N–H and O–H groups in total. The molecule has 0 atom stereocenters. The van der Waals surface area contributed by atoms with Crippen molar-refractivity contribution in [2.45, 2.75) is 18.0 Å². The second-order valence-electron chi connectivity index (χ2n) is 11.1. The van der Waals surface area contributed by atoms with Gasteiger partial charge in [0, 0.05) is 47.5 Å². The summed E-state index contributed by atoms with van der Waals surface area (Å²) in [7, 11) is -5.47. The molecule has 4 aromatic carbocycles. The van der Waals surface area contributed by atoms with Crippen LogP contribution in [0.25, 0.3) is 10.9 Å². The Bertz CT molecular complexity index is 2000. The number of hydrogen-bond acceptors (Lipinski definition) is 5. The number of carbonyl (C=O) groups is 1. The average Bonchev–Trinajstić information content (AvgIpc) is 3.40. The Labute approximate surface area is 278 Å². The number of aromatic carboxylic acids is 1. The summed E-state index contributed by atoms with van der Waals surface area (Å²) in [5.74, 6) is -0.897. The first-order valence-corrected chi connectivity index (χ1v) is 16.7. The van der Waals surface area contributed by atoms with E-state index in [0.717, 1.165) is 16.7 Å². The minimum absolute atomic E-state index is 0.0326. The van der Waals surface area contributed by atoms with Crippen molar-refractivity contribution in [3.8, 4) is 0 Å². The third-order valence-electron chi connectivity index (χ3n) is 8.23. The van der Waals surface area contributed by atoms with Crippen LogP contribution >= 0.6 is 23.2 Å². The average molecular weight is 704 g/mol. The zero-order chi connectivity index (χ0) is 33.5. The van der Waals surface area contributed by atoms with Crippen LogP contribution in [-0.4, -0.2) is 65.3 Å². The number of sulfonamides is 1. The minimum Gasteiger partial charge on any atom is -0.478 e. The molecule has 0 aliphatic carbocycles. The van der Waals surface area contributed by atoms with Crippen LogP contribution in [0.3, 0.4) is 0 Å². The highest BCUT2D eigenvalue weighted by Crippen LogP contribution is 2.38. The normalized spacial score (nSPS) is 14.6. The topological polar surface area (TPSA) is 95.7 Å². The first-order valence-electron chi connectivity index (χ1n) is 14.5. The van der Waals surface area contributed by atoms with Gasteiger partial charge < -0.3 is 10.0 Å². The van der Waals surface area contributed by atoms with E-state index in [1.54, 1.807) is 52.0 Å². The fraction of sp³-hybridized carbons (Fsp3) is 0.212. The maximum absolute atomic E-state index is 13.3. The minimum atomic E-state index is -5.47. The smallest absolute Gasteiger partial charge is 0.478 e. The number of piperazine rings is 1. The van der Waals surface area contributed by atoms with Crippen molar-refractivity contribution in [1.29, 1.82) is 0 Å². The van der Waals surface area contributed by atoms with Crippen molar-refractivity contribution in [2.75, 3.05) is 31.1 Å². The molecule has 0 radical (unpaired) electrons. The maximum atomic E-state index is 13.3. The number of hydrogen-bond donors (Lipinski definition) is 1. The van der Waals surface area contributed by atoms with E-state index < -0.39 is 21.5 Å². The van der Waals surface area contributed by atoms with Crippen molar-refractivity contribution < 1.29 is 31.5 Å². The van der Waals surface area contributed by atoms with Crippen LogP contribution in [0.5, 0.6) is 0 Å². The van der Waals surface area contributed by atoms with Gasteiger partial charge in [0.05, 0.1) is 17.6 Å². The second-order valence-corrected chi connectivity index (χ2v) is 13.9. The van der Waals surface area contributed by atoms with Crippen LogP contribution in [0, 0.1) is 0 Å². The Kier molecular flexibility index (Phi) is 8.96. The second kappa shape index (κ2) is 12.8. The highest BCUT2D eigenvalue weighted by Gasteiger charge is 2.50. The summed E-state index contributed by atoms with van der Waals surface area (Å²) in [5, 5.41) is 16.4. The zero-order valence-corrected chi connectivity index (χ0v) is 26.9. The molecule has 0 amide bonds. The lowest BCUT2D eigenvalue weighted by atomic mass is 9.85. The lowest BCUT2D eigenvalue weighted by Gasteiger charge is -2.34. The lowest BCUT2D eigenvalue weighted by Crippen LogP contribution is -2.52. The molecule has 1 aromatic heterocycles. The summed E-state index contributed by atoms with van der Waals surface area (Å²) in [6, 6.07) is 27.3. The van der Waals surface area contributed by atoms with Gasteiger partial charge in [0.2, 0.25) is 0 Å². The van der Waals surface area contributed by atoms with Gasteiger partial charge in [0.15, 0.2) is 5.82 Å². The first-order chi connectivity index (χ1) is 22.3. The molecule has 14 heteroatoms. The summed E-state index contributed by atoms with van der Waals surface area (Å²) in [6.45, 7) is -0.714. The van der Waals surface area contributed by atoms with E-state index in [-0.39, 0.29) is 44.2 Å². The van der Waals surface area contributed by atoms with Gasteiger partial charge in [-0.1, -0.05) is 71.7 Å².